The Labute approximate surface area is 143 Å². The Balaban J connectivity index is 1.36. The number of benzene rings is 1. The Morgan fingerprint density at radius 2 is 2.04 bits per heavy atom. The Hall–Kier alpha value is -2.96. The summed E-state index contributed by atoms with van der Waals surface area (Å²) in [6.07, 6.45) is 0.229. The minimum Gasteiger partial charge on any atom is -0.356 e. The van der Waals surface area contributed by atoms with E-state index in [1.165, 1.54) is 10.7 Å². The van der Waals surface area contributed by atoms with Crippen molar-refractivity contribution in [2.24, 2.45) is 5.92 Å². The number of nitrogens with zero attached hydrogens (tertiary/aromatic N) is 4. The lowest BCUT2D eigenvalue weighted by molar-refractivity contribution is -0.137. The Morgan fingerprint density at radius 1 is 1.24 bits per heavy atom. The maximum absolute atomic E-state index is 12.4. The van der Waals surface area contributed by atoms with E-state index >= 15 is 0 Å². The van der Waals surface area contributed by atoms with Crippen LogP contribution in [0.4, 0.5) is 0 Å². The zero-order chi connectivity index (χ0) is 17.4. The van der Waals surface area contributed by atoms with Crippen molar-refractivity contribution in [3.05, 3.63) is 58.1 Å². The van der Waals surface area contributed by atoms with Crippen molar-refractivity contribution in [2.75, 3.05) is 13.1 Å². The number of fused-ring (bicyclic) bond motifs is 1. The van der Waals surface area contributed by atoms with Crippen LogP contribution in [0.5, 0.6) is 0 Å². The third-order valence-electron chi connectivity index (χ3n) is 4.51. The predicted octanol–water partition coefficient (Wildman–Crippen LogP) is 1.39. The number of aromatic nitrogens is 3. The number of aryl methyl sites for hydroxylation is 1. The molecule has 0 bridgehead atoms. The molecule has 1 aliphatic heterocycles. The van der Waals surface area contributed by atoms with Crippen molar-refractivity contribution in [3.8, 4) is 0 Å². The fourth-order valence-corrected chi connectivity index (χ4v) is 3.14. The second-order valence-electron chi connectivity index (χ2n) is 6.46. The molecule has 7 heteroatoms. The minimum absolute atomic E-state index is 0.0276. The first-order valence-corrected chi connectivity index (χ1v) is 8.26. The SMILES string of the molecule is Cc1ccc(=O)n(CC2CN(C(=O)Cc3noc4ccccc34)C2)n1. The second kappa shape index (κ2) is 6.16. The molecule has 1 saturated heterocycles. The number of carbonyl (C=O) groups excluding carboxylic acids is 1. The maximum Gasteiger partial charge on any atom is 0.266 e. The van der Waals surface area contributed by atoms with Crippen LogP contribution in [0.3, 0.4) is 0 Å². The van der Waals surface area contributed by atoms with E-state index in [0.29, 0.717) is 30.9 Å². The number of hydrogen-bond acceptors (Lipinski definition) is 5. The zero-order valence-electron chi connectivity index (χ0n) is 13.9. The lowest BCUT2D eigenvalue weighted by atomic mass is 9.99. The van der Waals surface area contributed by atoms with E-state index in [2.05, 4.69) is 10.3 Å². The molecule has 0 saturated carbocycles. The molecule has 4 rings (SSSR count). The van der Waals surface area contributed by atoms with E-state index in [9.17, 15) is 9.59 Å². The molecule has 2 aromatic heterocycles. The first-order valence-electron chi connectivity index (χ1n) is 8.26. The van der Waals surface area contributed by atoms with Crippen LogP contribution < -0.4 is 5.56 Å². The van der Waals surface area contributed by atoms with Crippen LogP contribution in [-0.2, 0) is 17.8 Å². The summed E-state index contributed by atoms with van der Waals surface area (Å²) < 4.78 is 6.72. The molecule has 128 valence electrons. The minimum atomic E-state index is -0.107. The van der Waals surface area contributed by atoms with Crippen LogP contribution in [0.15, 0.2) is 45.7 Å². The fourth-order valence-electron chi connectivity index (χ4n) is 3.14. The number of hydrogen-bond donors (Lipinski definition) is 0. The van der Waals surface area contributed by atoms with Gasteiger partial charge in [-0.1, -0.05) is 17.3 Å². The van der Waals surface area contributed by atoms with Crippen LogP contribution in [0, 0.1) is 12.8 Å². The molecule has 0 spiro atoms. The van der Waals surface area contributed by atoms with Gasteiger partial charge in [0, 0.05) is 30.5 Å². The van der Waals surface area contributed by atoms with Crippen molar-refractivity contribution in [1.82, 2.24) is 19.8 Å². The quantitative estimate of drug-likeness (QED) is 0.718. The Kier molecular flexibility index (Phi) is 3.83. The average Bonchev–Trinajstić information content (AvgIpc) is 2.96. The molecule has 25 heavy (non-hydrogen) atoms. The summed E-state index contributed by atoms with van der Waals surface area (Å²) in [6.45, 7) is 3.67. The van der Waals surface area contributed by atoms with Crippen LogP contribution in [0.2, 0.25) is 0 Å². The lowest BCUT2D eigenvalue weighted by Gasteiger charge is -2.39. The van der Waals surface area contributed by atoms with Crippen molar-refractivity contribution < 1.29 is 9.32 Å². The molecule has 1 fully saturated rings. The molecular weight excluding hydrogens is 320 g/mol. The van der Waals surface area contributed by atoms with Gasteiger partial charge in [-0.3, -0.25) is 9.59 Å². The van der Waals surface area contributed by atoms with E-state index in [4.69, 9.17) is 4.52 Å². The molecule has 7 nitrogen and oxygen atoms in total. The monoisotopic (exact) mass is 338 g/mol. The van der Waals surface area contributed by atoms with Crippen molar-refractivity contribution in [3.63, 3.8) is 0 Å². The standard InChI is InChI=1S/C18H18N4O3/c1-12-6-7-17(23)22(19-12)11-13-9-21(10-13)18(24)8-15-14-4-2-3-5-16(14)25-20-15/h2-7,13H,8-11H2,1H3. The smallest absolute Gasteiger partial charge is 0.266 e. The van der Waals surface area contributed by atoms with Gasteiger partial charge in [0.1, 0.15) is 5.69 Å². The van der Waals surface area contributed by atoms with Crippen molar-refractivity contribution in [2.45, 2.75) is 19.9 Å². The van der Waals surface area contributed by atoms with Gasteiger partial charge in [-0.05, 0) is 25.1 Å². The van der Waals surface area contributed by atoms with Gasteiger partial charge in [-0.2, -0.15) is 5.10 Å². The third kappa shape index (κ3) is 3.05. The van der Waals surface area contributed by atoms with E-state index in [1.54, 1.807) is 11.0 Å². The van der Waals surface area contributed by atoms with Gasteiger partial charge in [0.25, 0.3) is 5.56 Å². The van der Waals surface area contributed by atoms with E-state index < -0.39 is 0 Å². The van der Waals surface area contributed by atoms with Crippen LogP contribution in [0.25, 0.3) is 11.0 Å². The number of carbonyl (C=O) groups is 1. The van der Waals surface area contributed by atoms with Gasteiger partial charge in [0.05, 0.1) is 18.7 Å². The predicted molar refractivity (Wildman–Crippen MR) is 91.0 cm³/mol. The highest BCUT2D eigenvalue weighted by Crippen LogP contribution is 2.22. The molecule has 0 unspecified atom stereocenters. The van der Waals surface area contributed by atoms with E-state index in [0.717, 1.165) is 11.1 Å². The molecular formula is C18H18N4O3. The van der Waals surface area contributed by atoms with Gasteiger partial charge < -0.3 is 9.42 Å². The number of rotatable bonds is 4. The summed E-state index contributed by atoms with van der Waals surface area (Å²) in [4.78, 5) is 26.0. The summed E-state index contributed by atoms with van der Waals surface area (Å²) in [7, 11) is 0. The summed E-state index contributed by atoms with van der Waals surface area (Å²) in [6, 6.07) is 10.8. The Morgan fingerprint density at radius 3 is 2.88 bits per heavy atom. The van der Waals surface area contributed by atoms with E-state index in [-0.39, 0.29) is 23.8 Å². The molecule has 3 heterocycles. The molecule has 0 aliphatic carbocycles. The van der Waals surface area contributed by atoms with Gasteiger partial charge >= 0.3 is 0 Å². The Bertz CT molecular complexity index is 985. The highest BCUT2D eigenvalue weighted by Gasteiger charge is 2.31. The average molecular weight is 338 g/mol. The van der Waals surface area contributed by atoms with Crippen LogP contribution >= 0.6 is 0 Å². The summed E-state index contributed by atoms with van der Waals surface area (Å²) >= 11 is 0. The summed E-state index contributed by atoms with van der Waals surface area (Å²) in [5.74, 6) is 0.282. The molecule has 0 radical (unpaired) electrons. The van der Waals surface area contributed by atoms with Crippen molar-refractivity contribution >= 4 is 16.9 Å². The van der Waals surface area contributed by atoms with Gasteiger partial charge in [0.2, 0.25) is 5.91 Å². The summed E-state index contributed by atoms with van der Waals surface area (Å²) in [5, 5.41) is 9.12. The van der Waals surface area contributed by atoms with Gasteiger partial charge in [-0.25, -0.2) is 4.68 Å². The molecule has 3 aromatic rings. The molecule has 1 aliphatic rings. The number of para-hydroxylation sites is 1. The van der Waals surface area contributed by atoms with Gasteiger partial charge in [-0.15, -0.1) is 0 Å². The molecule has 0 N–H and O–H groups in total. The zero-order valence-corrected chi connectivity index (χ0v) is 13.9. The highest BCUT2D eigenvalue weighted by atomic mass is 16.5. The molecule has 1 aromatic carbocycles. The topological polar surface area (TPSA) is 81.2 Å². The molecule has 0 atom stereocenters. The van der Waals surface area contributed by atoms with Crippen molar-refractivity contribution in [1.29, 1.82) is 0 Å². The van der Waals surface area contributed by atoms with E-state index in [1.807, 2.05) is 31.2 Å². The largest absolute Gasteiger partial charge is 0.356 e. The highest BCUT2D eigenvalue weighted by molar-refractivity contribution is 5.86. The van der Waals surface area contributed by atoms with Gasteiger partial charge in [0.15, 0.2) is 5.58 Å². The van der Waals surface area contributed by atoms with Crippen LogP contribution in [0.1, 0.15) is 11.4 Å². The molecule has 1 amide bonds. The summed E-state index contributed by atoms with van der Waals surface area (Å²) in [5.41, 5.74) is 2.06. The number of likely N-dealkylation sites (tertiary alicyclic amines) is 1. The first kappa shape index (κ1) is 15.6. The normalized spacial score (nSPS) is 14.7. The fraction of sp³-hybridized carbons (Fsp3) is 0.333. The maximum atomic E-state index is 12.4. The van der Waals surface area contributed by atoms with Crippen LogP contribution in [-0.4, -0.2) is 38.8 Å². The lowest BCUT2D eigenvalue weighted by Crippen LogP contribution is -2.52. The first-order chi connectivity index (χ1) is 12.1. The third-order valence-corrected chi connectivity index (χ3v) is 4.51. The number of amides is 1. The second-order valence-corrected chi connectivity index (χ2v) is 6.46.